The van der Waals surface area contributed by atoms with Crippen molar-refractivity contribution in [1.29, 1.82) is 0 Å². The van der Waals surface area contributed by atoms with E-state index in [0.29, 0.717) is 5.92 Å². The molecule has 1 aliphatic rings. The molecule has 0 amide bonds. The first-order valence-electron chi connectivity index (χ1n) is 10.8. The second-order valence-corrected chi connectivity index (χ2v) is 8.24. The average molecular weight is 537 g/mol. The molecular weight excluding hydrogens is 501 g/mol. The van der Waals surface area contributed by atoms with E-state index in [1.54, 1.807) is 7.11 Å². The highest BCUT2D eigenvalue weighted by Crippen LogP contribution is 2.35. The molecule has 1 unspecified atom stereocenters. The third-order valence-corrected chi connectivity index (χ3v) is 6.16. The number of nitrogens with zero attached hydrogens (tertiary/aromatic N) is 1. The van der Waals surface area contributed by atoms with Gasteiger partial charge in [0, 0.05) is 38.8 Å². The van der Waals surface area contributed by atoms with Gasteiger partial charge in [-0.15, -0.1) is 24.0 Å². The van der Waals surface area contributed by atoms with Crippen LogP contribution in [0.5, 0.6) is 5.75 Å². The van der Waals surface area contributed by atoms with Gasteiger partial charge in [-0.2, -0.15) is 0 Å². The summed E-state index contributed by atoms with van der Waals surface area (Å²) in [6, 6.07) is 17.2. The highest BCUT2D eigenvalue weighted by atomic mass is 127. The molecule has 170 valence electrons. The molecule has 1 heterocycles. The zero-order valence-corrected chi connectivity index (χ0v) is 21.4. The van der Waals surface area contributed by atoms with Crippen LogP contribution in [0.1, 0.15) is 42.4 Å². The van der Waals surface area contributed by atoms with Gasteiger partial charge in [-0.3, -0.25) is 4.99 Å². The van der Waals surface area contributed by atoms with Crippen LogP contribution in [0.25, 0.3) is 0 Å². The van der Waals surface area contributed by atoms with Crippen LogP contribution >= 0.6 is 24.0 Å². The Hall–Kier alpha value is -1.80. The van der Waals surface area contributed by atoms with Gasteiger partial charge in [0.2, 0.25) is 0 Å². The number of methoxy groups -OCH3 is 1. The summed E-state index contributed by atoms with van der Waals surface area (Å²) in [5.41, 5.74) is 3.99. The average Bonchev–Trinajstić information content (AvgIpc) is 2.79. The Kier molecular flexibility index (Phi) is 10.1. The summed E-state index contributed by atoms with van der Waals surface area (Å²) in [7, 11) is 3.53. The molecule has 2 aromatic rings. The molecule has 0 aliphatic carbocycles. The third kappa shape index (κ3) is 6.84. The Morgan fingerprint density at radius 1 is 1.13 bits per heavy atom. The van der Waals surface area contributed by atoms with Gasteiger partial charge in [0.1, 0.15) is 5.75 Å². The Bertz CT molecular complexity index is 833. The van der Waals surface area contributed by atoms with Crippen molar-refractivity contribution in [3.05, 3.63) is 65.2 Å². The van der Waals surface area contributed by atoms with Gasteiger partial charge in [-0.25, -0.2) is 0 Å². The van der Waals surface area contributed by atoms with Gasteiger partial charge in [0.15, 0.2) is 5.96 Å². The standard InChI is InChI=1S/C25H35N3O2.HI/c1-19-6-5-7-21(16-19)20(2)17-27-24(26-3)28-18-25(12-14-30-15-13-25)22-8-10-23(29-4)11-9-22;/h5-11,16,20H,12-15,17-18H2,1-4H3,(H2,26,27,28);1H. The summed E-state index contributed by atoms with van der Waals surface area (Å²) in [5.74, 6) is 2.13. The van der Waals surface area contributed by atoms with E-state index >= 15 is 0 Å². The zero-order valence-electron chi connectivity index (χ0n) is 19.1. The van der Waals surface area contributed by atoms with Crippen molar-refractivity contribution in [1.82, 2.24) is 10.6 Å². The fourth-order valence-electron chi connectivity index (χ4n) is 4.09. The second-order valence-electron chi connectivity index (χ2n) is 8.24. The summed E-state index contributed by atoms with van der Waals surface area (Å²) in [6.45, 7) is 7.60. The van der Waals surface area contributed by atoms with Crippen molar-refractivity contribution in [2.45, 2.75) is 38.0 Å². The number of ether oxygens (including phenoxy) is 2. The maximum atomic E-state index is 5.66. The lowest BCUT2D eigenvalue weighted by atomic mass is 9.74. The Balaban J connectivity index is 0.00000341. The van der Waals surface area contributed by atoms with Crippen molar-refractivity contribution < 1.29 is 9.47 Å². The fourth-order valence-corrected chi connectivity index (χ4v) is 4.09. The molecule has 2 N–H and O–H groups in total. The van der Waals surface area contributed by atoms with Gasteiger partial charge < -0.3 is 20.1 Å². The molecule has 1 fully saturated rings. The lowest BCUT2D eigenvalue weighted by molar-refractivity contribution is 0.0513. The van der Waals surface area contributed by atoms with Crippen LogP contribution in [-0.2, 0) is 10.2 Å². The molecule has 3 rings (SSSR count). The zero-order chi connectivity index (χ0) is 21.4. The quantitative estimate of drug-likeness (QED) is 0.307. The summed E-state index contributed by atoms with van der Waals surface area (Å²) < 4.78 is 11.0. The topological polar surface area (TPSA) is 54.9 Å². The minimum atomic E-state index is 0. The van der Waals surface area contributed by atoms with E-state index in [-0.39, 0.29) is 29.4 Å². The minimum absolute atomic E-state index is 0. The highest BCUT2D eigenvalue weighted by molar-refractivity contribution is 14.0. The molecular formula is C25H36IN3O2. The Morgan fingerprint density at radius 2 is 1.84 bits per heavy atom. The molecule has 6 heteroatoms. The first-order valence-corrected chi connectivity index (χ1v) is 10.8. The van der Waals surface area contributed by atoms with Crippen molar-refractivity contribution in [2.24, 2.45) is 4.99 Å². The molecule has 5 nitrogen and oxygen atoms in total. The Morgan fingerprint density at radius 3 is 2.45 bits per heavy atom. The van der Waals surface area contributed by atoms with E-state index in [1.165, 1.54) is 16.7 Å². The van der Waals surface area contributed by atoms with E-state index in [0.717, 1.165) is 50.9 Å². The number of halogens is 1. The SMILES string of the molecule is CN=C(NCC(C)c1cccc(C)c1)NCC1(c2ccc(OC)cc2)CCOCC1.I. The lowest BCUT2D eigenvalue weighted by Crippen LogP contribution is -2.48. The monoisotopic (exact) mass is 537 g/mol. The van der Waals surface area contributed by atoms with Crippen LogP contribution in [0.15, 0.2) is 53.5 Å². The van der Waals surface area contributed by atoms with Crippen LogP contribution in [0.4, 0.5) is 0 Å². The van der Waals surface area contributed by atoms with Gasteiger partial charge in [0.25, 0.3) is 0 Å². The van der Waals surface area contributed by atoms with E-state index in [2.05, 4.69) is 65.9 Å². The summed E-state index contributed by atoms with van der Waals surface area (Å²) in [6.07, 6.45) is 1.98. The molecule has 1 atom stereocenters. The highest BCUT2D eigenvalue weighted by Gasteiger charge is 2.34. The number of nitrogens with one attached hydrogen (secondary N) is 2. The van der Waals surface area contributed by atoms with Crippen LogP contribution in [-0.4, -0.2) is 46.4 Å². The molecule has 0 radical (unpaired) electrons. The smallest absolute Gasteiger partial charge is 0.191 e. The number of hydrogen-bond acceptors (Lipinski definition) is 3. The van der Waals surface area contributed by atoms with Crippen LogP contribution in [0.3, 0.4) is 0 Å². The summed E-state index contributed by atoms with van der Waals surface area (Å²) in [5, 5.41) is 7.08. The van der Waals surface area contributed by atoms with E-state index in [1.807, 2.05) is 19.2 Å². The number of aryl methyl sites for hydroxylation is 1. The summed E-state index contributed by atoms with van der Waals surface area (Å²) in [4.78, 5) is 4.45. The van der Waals surface area contributed by atoms with Gasteiger partial charge in [-0.1, -0.05) is 48.9 Å². The molecule has 0 saturated carbocycles. The van der Waals surface area contributed by atoms with Crippen LogP contribution in [0, 0.1) is 6.92 Å². The molecule has 31 heavy (non-hydrogen) atoms. The first-order chi connectivity index (χ1) is 14.6. The molecule has 1 saturated heterocycles. The molecule has 2 aromatic carbocycles. The predicted molar refractivity (Wildman–Crippen MR) is 139 cm³/mol. The fraction of sp³-hybridized carbons (Fsp3) is 0.480. The van der Waals surface area contributed by atoms with Crippen LogP contribution < -0.4 is 15.4 Å². The van der Waals surface area contributed by atoms with Gasteiger partial charge >= 0.3 is 0 Å². The molecule has 0 aromatic heterocycles. The number of guanidine groups is 1. The first kappa shape index (κ1) is 25.5. The number of hydrogen-bond donors (Lipinski definition) is 2. The normalized spacial score (nSPS) is 16.7. The summed E-state index contributed by atoms with van der Waals surface area (Å²) >= 11 is 0. The van der Waals surface area contributed by atoms with E-state index < -0.39 is 0 Å². The Labute approximate surface area is 204 Å². The van der Waals surface area contributed by atoms with E-state index in [9.17, 15) is 0 Å². The van der Waals surface area contributed by atoms with Crippen molar-refractivity contribution in [2.75, 3.05) is 40.5 Å². The molecule has 0 spiro atoms. The van der Waals surface area contributed by atoms with Crippen molar-refractivity contribution in [3.8, 4) is 5.75 Å². The number of benzene rings is 2. The van der Waals surface area contributed by atoms with Gasteiger partial charge in [-0.05, 0) is 48.9 Å². The van der Waals surface area contributed by atoms with Crippen molar-refractivity contribution in [3.63, 3.8) is 0 Å². The number of rotatable bonds is 7. The lowest BCUT2D eigenvalue weighted by Gasteiger charge is -2.38. The molecule has 1 aliphatic heterocycles. The molecule has 0 bridgehead atoms. The maximum Gasteiger partial charge on any atom is 0.191 e. The third-order valence-electron chi connectivity index (χ3n) is 6.16. The van der Waals surface area contributed by atoms with Crippen molar-refractivity contribution >= 4 is 29.9 Å². The van der Waals surface area contributed by atoms with Crippen LogP contribution in [0.2, 0.25) is 0 Å². The predicted octanol–water partition coefficient (Wildman–Crippen LogP) is 4.64. The van der Waals surface area contributed by atoms with Gasteiger partial charge in [0.05, 0.1) is 7.11 Å². The maximum absolute atomic E-state index is 5.66. The van der Waals surface area contributed by atoms with E-state index in [4.69, 9.17) is 9.47 Å². The number of aliphatic imine (C=N–C) groups is 1. The largest absolute Gasteiger partial charge is 0.497 e. The minimum Gasteiger partial charge on any atom is -0.497 e. The second kappa shape index (κ2) is 12.3.